The Hall–Kier alpha value is -1.44. The molecule has 0 unspecified atom stereocenters. The second kappa shape index (κ2) is 4.87. The first kappa shape index (κ1) is 11.6. The molecule has 0 aromatic heterocycles. The third-order valence-electron chi connectivity index (χ3n) is 1.70. The summed E-state index contributed by atoms with van der Waals surface area (Å²) in [5.41, 5.74) is 0.540. The molecule has 0 aliphatic rings. The normalized spacial score (nSPS) is 9.13. The number of hydrogen-bond donors (Lipinski definition) is 0. The molecule has 5 heteroatoms. The molecule has 0 saturated carbocycles. The summed E-state index contributed by atoms with van der Waals surface area (Å²) in [7, 11) is 0. The van der Waals surface area contributed by atoms with E-state index in [1.165, 1.54) is 6.92 Å². The van der Waals surface area contributed by atoms with Crippen molar-refractivity contribution < 1.29 is 4.79 Å². The van der Waals surface area contributed by atoms with Gasteiger partial charge in [-0.05, 0) is 36.5 Å². The summed E-state index contributed by atoms with van der Waals surface area (Å²) >= 11 is 10.5. The van der Waals surface area contributed by atoms with Crippen LogP contribution in [0.15, 0.2) is 24.3 Å². The lowest BCUT2D eigenvalue weighted by molar-refractivity contribution is -0.115. The summed E-state index contributed by atoms with van der Waals surface area (Å²) in [5.74, 6) is -0.302. The Morgan fingerprint density at radius 1 is 1.47 bits per heavy atom. The van der Waals surface area contributed by atoms with Crippen LogP contribution in [0.5, 0.6) is 0 Å². The molecule has 1 rings (SSSR count). The van der Waals surface area contributed by atoms with Gasteiger partial charge in [0.05, 0.1) is 5.69 Å². The molecule has 0 N–H and O–H groups in total. The van der Waals surface area contributed by atoms with Crippen molar-refractivity contribution >= 4 is 40.4 Å². The van der Waals surface area contributed by atoms with E-state index < -0.39 is 0 Å². The Morgan fingerprint density at radius 2 is 2.00 bits per heavy atom. The average molecular weight is 239 g/mol. The van der Waals surface area contributed by atoms with E-state index in [-0.39, 0.29) is 10.9 Å². The van der Waals surface area contributed by atoms with E-state index >= 15 is 0 Å². The van der Waals surface area contributed by atoms with Crippen LogP contribution in [0.25, 0.3) is 0 Å². The van der Waals surface area contributed by atoms with E-state index in [9.17, 15) is 4.79 Å². The molecular weight excluding hydrogens is 232 g/mol. The highest BCUT2D eigenvalue weighted by Crippen LogP contribution is 2.18. The molecule has 1 aromatic rings. The van der Waals surface area contributed by atoms with Crippen molar-refractivity contribution in [1.29, 1.82) is 5.26 Å². The van der Waals surface area contributed by atoms with Crippen LogP contribution in [0.4, 0.5) is 5.69 Å². The first-order chi connectivity index (χ1) is 7.06. The van der Waals surface area contributed by atoms with Crippen LogP contribution in [-0.2, 0) is 4.79 Å². The van der Waals surface area contributed by atoms with Gasteiger partial charge in [-0.3, -0.25) is 9.69 Å². The molecule has 0 aliphatic heterocycles. The molecule has 0 spiro atoms. The van der Waals surface area contributed by atoms with E-state index in [2.05, 4.69) is 0 Å². The number of benzene rings is 1. The molecule has 0 fully saturated rings. The smallest absolute Gasteiger partial charge is 0.229 e. The highest BCUT2D eigenvalue weighted by molar-refractivity contribution is 7.81. The number of amides is 1. The highest BCUT2D eigenvalue weighted by atomic mass is 35.5. The monoisotopic (exact) mass is 238 g/mol. The van der Waals surface area contributed by atoms with Gasteiger partial charge < -0.3 is 0 Å². The fraction of sp³-hybridized carbons (Fsp3) is 0.100. The summed E-state index contributed by atoms with van der Waals surface area (Å²) in [6.07, 6.45) is 0. The molecule has 0 aliphatic carbocycles. The fourth-order valence-corrected chi connectivity index (χ4v) is 1.44. The number of rotatable bonds is 1. The van der Waals surface area contributed by atoms with Crippen molar-refractivity contribution in [3.63, 3.8) is 0 Å². The van der Waals surface area contributed by atoms with E-state index in [1.807, 2.05) is 0 Å². The third-order valence-corrected chi connectivity index (χ3v) is 2.22. The molecule has 1 aromatic carbocycles. The lowest BCUT2D eigenvalue weighted by atomic mass is 10.3. The van der Waals surface area contributed by atoms with Crippen molar-refractivity contribution in [2.24, 2.45) is 0 Å². The predicted octanol–water partition coefficient (Wildman–Crippen LogP) is 2.54. The molecule has 76 valence electrons. The zero-order valence-electron chi connectivity index (χ0n) is 7.90. The van der Waals surface area contributed by atoms with Crippen molar-refractivity contribution in [3.8, 4) is 6.07 Å². The van der Waals surface area contributed by atoms with Gasteiger partial charge in [0.2, 0.25) is 5.91 Å². The molecule has 0 atom stereocenters. The van der Waals surface area contributed by atoms with Crippen LogP contribution >= 0.6 is 23.8 Å². The van der Waals surface area contributed by atoms with Crippen LogP contribution in [0, 0.1) is 11.3 Å². The number of halogens is 1. The topological polar surface area (TPSA) is 44.1 Å². The largest absolute Gasteiger partial charge is 0.274 e. The van der Waals surface area contributed by atoms with Gasteiger partial charge in [-0.15, -0.1) is 0 Å². The number of nitriles is 1. The van der Waals surface area contributed by atoms with Crippen LogP contribution in [-0.4, -0.2) is 10.9 Å². The zero-order valence-corrected chi connectivity index (χ0v) is 9.47. The minimum atomic E-state index is -0.302. The van der Waals surface area contributed by atoms with Gasteiger partial charge in [0.15, 0.2) is 4.99 Å². The standard InChI is InChI=1S/C10H7ClN2OS/c1-7(14)13(10(15)6-12)9-4-2-8(11)3-5-9/h2-5H,1H3. The SMILES string of the molecule is CC(=O)N(C(=S)C#N)c1ccc(Cl)cc1. The highest BCUT2D eigenvalue weighted by Gasteiger charge is 2.15. The minimum absolute atomic E-state index is 0.0789. The van der Waals surface area contributed by atoms with Gasteiger partial charge in [0.1, 0.15) is 6.07 Å². The van der Waals surface area contributed by atoms with Crippen molar-refractivity contribution in [1.82, 2.24) is 0 Å². The Kier molecular flexibility index (Phi) is 3.78. The Morgan fingerprint density at radius 3 is 2.40 bits per heavy atom. The second-order valence-electron chi connectivity index (χ2n) is 2.75. The predicted molar refractivity (Wildman–Crippen MR) is 62.8 cm³/mol. The average Bonchev–Trinajstić information content (AvgIpc) is 2.20. The first-order valence-corrected chi connectivity index (χ1v) is 4.85. The lowest BCUT2D eigenvalue weighted by Crippen LogP contribution is -2.32. The molecule has 0 radical (unpaired) electrons. The number of nitrogens with zero attached hydrogens (tertiary/aromatic N) is 2. The fourth-order valence-electron chi connectivity index (χ4n) is 1.08. The zero-order chi connectivity index (χ0) is 11.4. The Labute approximate surface area is 97.9 Å². The number of carbonyl (C=O) groups is 1. The molecule has 0 saturated heterocycles. The maximum absolute atomic E-state index is 11.3. The molecule has 15 heavy (non-hydrogen) atoms. The van der Waals surface area contributed by atoms with Gasteiger partial charge in [0.25, 0.3) is 0 Å². The molecule has 3 nitrogen and oxygen atoms in total. The minimum Gasteiger partial charge on any atom is -0.274 e. The van der Waals surface area contributed by atoms with Gasteiger partial charge in [-0.25, -0.2) is 0 Å². The van der Waals surface area contributed by atoms with E-state index in [1.54, 1.807) is 30.3 Å². The van der Waals surface area contributed by atoms with E-state index in [0.717, 1.165) is 4.90 Å². The molecule has 1 amide bonds. The molecule has 0 heterocycles. The maximum Gasteiger partial charge on any atom is 0.229 e. The van der Waals surface area contributed by atoms with Gasteiger partial charge >= 0.3 is 0 Å². The number of anilines is 1. The van der Waals surface area contributed by atoms with Crippen molar-refractivity contribution in [2.45, 2.75) is 6.92 Å². The Balaban J connectivity index is 3.11. The summed E-state index contributed by atoms with van der Waals surface area (Å²) in [6, 6.07) is 8.29. The Bertz CT molecular complexity index is 436. The summed E-state index contributed by atoms with van der Waals surface area (Å²) in [6.45, 7) is 1.35. The third kappa shape index (κ3) is 2.75. The number of carbonyl (C=O) groups excluding carboxylic acids is 1. The molecular formula is C10H7ClN2OS. The van der Waals surface area contributed by atoms with Crippen LogP contribution < -0.4 is 4.90 Å². The second-order valence-corrected chi connectivity index (χ2v) is 3.57. The summed E-state index contributed by atoms with van der Waals surface area (Å²) in [4.78, 5) is 12.4. The van der Waals surface area contributed by atoms with Gasteiger partial charge in [-0.2, -0.15) is 5.26 Å². The lowest BCUT2D eigenvalue weighted by Gasteiger charge is -2.17. The van der Waals surface area contributed by atoms with E-state index in [4.69, 9.17) is 29.1 Å². The van der Waals surface area contributed by atoms with Crippen LogP contribution in [0.3, 0.4) is 0 Å². The summed E-state index contributed by atoms with van der Waals surface area (Å²) < 4.78 is 0. The molecule has 0 bridgehead atoms. The van der Waals surface area contributed by atoms with Gasteiger partial charge in [0, 0.05) is 11.9 Å². The van der Waals surface area contributed by atoms with Crippen molar-refractivity contribution in [2.75, 3.05) is 4.90 Å². The summed E-state index contributed by atoms with van der Waals surface area (Å²) in [5, 5.41) is 9.22. The quantitative estimate of drug-likeness (QED) is 0.707. The maximum atomic E-state index is 11.3. The first-order valence-electron chi connectivity index (χ1n) is 4.06. The number of thiocarbonyl (C=S) groups is 1. The number of hydrogen-bond acceptors (Lipinski definition) is 3. The van der Waals surface area contributed by atoms with Crippen LogP contribution in [0.2, 0.25) is 5.02 Å². The van der Waals surface area contributed by atoms with Gasteiger partial charge in [-0.1, -0.05) is 11.6 Å². The van der Waals surface area contributed by atoms with E-state index in [0.29, 0.717) is 10.7 Å². The van der Waals surface area contributed by atoms with Crippen LogP contribution in [0.1, 0.15) is 6.92 Å². The van der Waals surface area contributed by atoms with Crippen molar-refractivity contribution in [3.05, 3.63) is 29.3 Å².